The van der Waals surface area contributed by atoms with Gasteiger partial charge in [0.1, 0.15) is 0 Å². The van der Waals surface area contributed by atoms with Gasteiger partial charge in [-0.1, -0.05) is 32.0 Å². The zero-order chi connectivity index (χ0) is 23.2. The molecule has 1 unspecified atom stereocenters. The van der Waals surface area contributed by atoms with Crippen molar-refractivity contribution in [3.05, 3.63) is 63.4 Å². The van der Waals surface area contributed by atoms with Gasteiger partial charge >= 0.3 is 5.97 Å². The SMILES string of the molecule is Cc1cc(C(C)Nc2ccccc2C(=O)O)c2nc(N3CCC(C)(C)C3)n(C)c(=O)c2c1. The molecule has 4 rings (SSSR count). The van der Waals surface area contributed by atoms with Gasteiger partial charge in [-0.3, -0.25) is 9.36 Å². The van der Waals surface area contributed by atoms with Crippen molar-refractivity contribution < 1.29 is 9.90 Å². The summed E-state index contributed by atoms with van der Waals surface area (Å²) in [6.07, 6.45) is 1.05. The Morgan fingerprint density at radius 1 is 1.25 bits per heavy atom. The number of carbonyl (C=O) groups is 1. The van der Waals surface area contributed by atoms with E-state index in [1.165, 1.54) is 0 Å². The molecule has 2 aromatic carbocycles. The number of hydrogen-bond donors (Lipinski definition) is 2. The molecule has 1 aromatic heterocycles. The normalized spacial score (nSPS) is 16.3. The van der Waals surface area contributed by atoms with Crippen LogP contribution in [0.3, 0.4) is 0 Å². The summed E-state index contributed by atoms with van der Waals surface area (Å²) in [6.45, 7) is 10.1. The van der Waals surface area contributed by atoms with Crippen LogP contribution in [0.4, 0.5) is 11.6 Å². The van der Waals surface area contributed by atoms with Gasteiger partial charge in [0.05, 0.1) is 22.5 Å². The van der Waals surface area contributed by atoms with Gasteiger partial charge in [0.2, 0.25) is 5.95 Å². The van der Waals surface area contributed by atoms with Crippen molar-refractivity contribution in [2.24, 2.45) is 12.5 Å². The van der Waals surface area contributed by atoms with Crippen molar-refractivity contribution >= 4 is 28.5 Å². The predicted molar refractivity (Wildman–Crippen MR) is 128 cm³/mol. The average molecular weight is 435 g/mol. The maximum absolute atomic E-state index is 13.3. The number of anilines is 2. The van der Waals surface area contributed by atoms with Crippen LogP contribution in [-0.4, -0.2) is 33.7 Å². The van der Waals surface area contributed by atoms with Gasteiger partial charge in [-0.15, -0.1) is 0 Å². The second kappa shape index (κ2) is 7.97. The van der Waals surface area contributed by atoms with Crippen LogP contribution in [0.2, 0.25) is 0 Å². The molecule has 1 fully saturated rings. The molecule has 2 N–H and O–H groups in total. The van der Waals surface area contributed by atoms with E-state index in [-0.39, 0.29) is 22.6 Å². The Morgan fingerprint density at radius 2 is 1.97 bits per heavy atom. The Bertz CT molecular complexity index is 1260. The maximum atomic E-state index is 13.3. The third-order valence-electron chi connectivity index (χ3n) is 6.29. The van der Waals surface area contributed by atoms with Crippen molar-refractivity contribution in [1.82, 2.24) is 9.55 Å². The summed E-state index contributed by atoms with van der Waals surface area (Å²) >= 11 is 0. The fourth-order valence-electron chi connectivity index (χ4n) is 4.54. The number of para-hydroxylation sites is 1. The number of nitrogens with zero attached hydrogens (tertiary/aromatic N) is 3. The molecule has 0 saturated carbocycles. The zero-order valence-electron chi connectivity index (χ0n) is 19.3. The van der Waals surface area contributed by atoms with E-state index in [4.69, 9.17) is 4.98 Å². The first-order valence-electron chi connectivity index (χ1n) is 10.9. The van der Waals surface area contributed by atoms with Gasteiger partial charge < -0.3 is 15.3 Å². The molecule has 1 atom stereocenters. The lowest BCUT2D eigenvalue weighted by atomic mass is 9.93. The van der Waals surface area contributed by atoms with E-state index in [0.29, 0.717) is 22.5 Å². The lowest BCUT2D eigenvalue weighted by molar-refractivity contribution is 0.0698. The molecule has 0 spiro atoms. The smallest absolute Gasteiger partial charge is 0.337 e. The summed E-state index contributed by atoms with van der Waals surface area (Å²) < 4.78 is 1.64. The highest BCUT2D eigenvalue weighted by Gasteiger charge is 2.31. The summed E-state index contributed by atoms with van der Waals surface area (Å²) in [5.41, 5.74) is 3.34. The minimum atomic E-state index is -0.986. The van der Waals surface area contributed by atoms with Gasteiger partial charge in [-0.05, 0) is 49.4 Å². The lowest BCUT2D eigenvalue weighted by Gasteiger charge is -2.24. The molecular weight excluding hydrogens is 404 g/mol. The second-order valence-electron chi connectivity index (χ2n) is 9.58. The number of benzene rings is 2. The number of aromatic nitrogens is 2. The van der Waals surface area contributed by atoms with Crippen LogP contribution in [0.5, 0.6) is 0 Å². The molecule has 2 heterocycles. The van der Waals surface area contributed by atoms with Gasteiger partial charge in [-0.2, -0.15) is 0 Å². The van der Waals surface area contributed by atoms with E-state index in [2.05, 4.69) is 24.1 Å². The molecule has 3 aromatic rings. The van der Waals surface area contributed by atoms with Crippen molar-refractivity contribution in [2.75, 3.05) is 23.3 Å². The third-order valence-corrected chi connectivity index (χ3v) is 6.29. The fourth-order valence-corrected chi connectivity index (χ4v) is 4.54. The van der Waals surface area contributed by atoms with Crippen LogP contribution in [0.1, 0.15) is 54.7 Å². The second-order valence-corrected chi connectivity index (χ2v) is 9.58. The number of carboxylic acid groups (broad SMARTS) is 1. The largest absolute Gasteiger partial charge is 0.478 e. The van der Waals surface area contributed by atoms with Crippen LogP contribution in [0.15, 0.2) is 41.2 Å². The van der Waals surface area contributed by atoms with Gasteiger partial charge in [0, 0.05) is 31.4 Å². The summed E-state index contributed by atoms with van der Waals surface area (Å²) in [7, 11) is 1.78. The molecular formula is C25H30N4O3. The van der Waals surface area contributed by atoms with E-state index >= 15 is 0 Å². The zero-order valence-corrected chi connectivity index (χ0v) is 19.3. The van der Waals surface area contributed by atoms with Crippen LogP contribution < -0.4 is 15.8 Å². The van der Waals surface area contributed by atoms with Gasteiger partial charge in [0.25, 0.3) is 5.56 Å². The first-order valence-corrected chi connectivity index (χ1v) is 10.9. The van der Waals surface area contributed by atoms with Crippen LogP contribution >= 0.6 is 0 Å². The van der Waals surface area contributed by atoms with Crippen LogP contribution in [0.25, 0.3) is 10.9 Å². The quantitative estimate of drug-likeness (QED) is 0.621. The van der Waals surface area contributed by atoms with Crippen molar-refractivity contribution in [3.63, 3.8) is 0 Å². The van der Waals surface area contributed by atoms with Crippen molar-refractivity contribution in [3.8, 4) is 0 Å². The minimum Gasteiger partial charge on any atom is -0.478 e. The highest BCUT2D eigenvalue weighted by Crippen LogP contribution is 2.33. The molecule has 1 saturated heterocycles. The number of carboxylic acids is 1. The molecule has 0 amide bonds. The highest BCUT2D eigenvalue weighted by molar-refractivity contribution is 5.94. The number of aryl methyl sites for hydroxylation is 1. The van der Waals surface area contributed by atoms with Crippen LogP contribution in [0, 0.1) is 12.3 Å². The number of rotatable bonds is 5. The Kier molecular flexibility index (Phi) is 5.44. The van der Waals surface area contributed by atoms with Gasteiger partial charge in [-0.25, -0.2) is 9.78 Å². The number of fused-ring (bicyclic) bond motifs is 1. The van der Waals surface area contributed by atoms with E-state index in [1.54, 1.807) is 35.9 Å². The third kappa shape index (κ3) is 3.95. The number of nitrogens with one attached hydrogen (secondary N) is 1. The highest BCUT2D eigenvalue weighted by atomic mass is 16.4. The Labute approximate surface area is 187 Å². The lowest BCUT2D eigenvalue weighted by Crippen LogP contribution is -2.31. The molecule has 0 radical (unpaired) electrons. The molecule has 1 aliphatic rings. The Hall–Kier alpha value is -3.35. The summed E-state index contributed by atoms with van der Waals surface area (Å²) in [6, 6.07) is 10.5. The first-order chi connectivity index (χ1) is 15.1. The fraction of sp³-hybridized carbons (Fsp3) is 0.400. The molecule has 1 aliphatic heterocycles. The van der Waals surface area contributed by atoms with Gasteiger partial charge in [0.15, 0.2) is 0 Å². The van der Waals surface area contributed by atoms with E-state index in [1.807, 2.05) is 26.0 Å². The first kappa shape index (κ1) is 21.9. The molecule has 0 aliphatic carbocycles. The van der Waals surface area contributed by atoms with Crippen molar-refractivity contribution in [1.29, 1.82) is 0 Å². The number of aromatic carboxylic acids is 1. The Balaban J connectivity index is 1.83. The predicted octanol–water partition coefficient (Wildman–Crippen LogP) is 4.35. The topological polar surface area (TPSA) is 87.5 Å². The Morgan fingerprint density at radius 3 is 2.62 bits per heavy atom. The van der Waals surface area contributed by atoms with Crippen molar-refractivity contribution in [2.45, 2.75) is 40.2 Å². The number of hydrogen-bond acceptors (Lipinski definition) is 5. The van der Waals surface area contributed by atoms with E-state index in [0.717, 1.165) is 30.6 Å². The molecule has 7 nitrogen and oxygen atoms in total. The summed E-state index contributed by atoms with van der Waals surface area (Å²) in [4.78, 5) is 32.1. The maximum Gasteiger partial charge on any atom is 0.337 e. The van der Waals surface area contributed by atoms with E-state index < -0.39 is 5.97 Å². The molecule has 0 bridgehead atoms. The average Bonchev–Trinajstić information content (AvgIpc) is 3.10. The summed E-state index contributed by atoms with van der Waals surface area (Å²) in [5.74, 6) is -0.309. The standard InChI is InChI=1S/C25H30N4O3/c1-15-12-18(16(2)26-20-9-7-6-8-17(20)23(31)32)21-19(13-15)22(30)28(5)24(27-21)29-11-10-25(3,4)14-29/h6-9,12-13,16,26H,10-11,14H2,1-5H3,(H,31,32). The molecule has 168 valence electrons. The minimum absolute atomic E-state index is 0.0715. The molecule has 32 heavy (non-hydrogen) atoms. The summed E-state index contributed by atoms with van der Waals surface area (Å²) in [5, 5.41) is 13.4. The van der Waals surface area contributed by atoms with E-state index in [9.17, 15) is 14.7 Å². The molecule has 7 heteroatoms. The monoisotopic (exact) mass is 434 g/mol. The van der Waals surface area contributed by atoms with Crippen LogP contribution in [-0.2, 0) is 7.05 Å².